The Hall–Kier alpha value is -2.08. The molecule has 2 heteroatoms. The van der Waals surface area contributed by atoms with Crippen molar-refractivity contribution in [1.29, 1.82) is 0 Å². The quantitative estimate of drug-likeness (QED) is 0.831. The van der Waals surface area contributed by atoms with Gasteiger partial charge >= 0.3 is 0 Å². The van der Waals surface area contributed by atoms with Gasteiger partial charge in [0.25, 0.3) is 0 Å². The summed E-state index contributed by atoms with van der Waals surface area (Å²) in [5, 5.41) is 11.4. The van der Waals surface area contributed by atoms with Crippen LogP contribution >= 0.6 is 0 Å². The average Bonchev–Trinajstić information content (AvgIpc) is 2.55. The monoisotopic (exact) mass is 308 g/mol. The average molecular weight is 308 g/mol. The third-order valence-corrected chi connectivity index (χ3v) is 4.08. The molecule has 0 bridgehead atoms. The van der Waals surface area contributed by atoms with Crippen LogP contribution in [0.5, 0.6) is 0 Å². The molecule has 23 heavy (non-hydrogen) atoms. The van der Waals surface area contributed by atoms with Gasteiger partial charge in [-0.05, 0) is 5.92 Å². The van der Waals surface area contributed by atoms with Crippen LogP contribution in [0.2, 0.25) is 0 Å². The lowest BCUT2D eigenvalue weighted by Crippen LogP contribution is -3.10. The van der Waals surface area contributed by atoms with Gasteiger partial charge in [-0.3, -0.25) is 0 Å². The first-order valence-corrected chi connectivity index (χ1v) is 8.11. The zero-order chi connectivity index (χ0) is 16.9. The van der Waals surface area contributed by atoms with E-state index >= 15 is 0 Å². The van der Waals surface area contributed by atoms with Gasteiger partial charge in [0.05, 0.1) is 14.1 Å². The van der Waals surface area contributed by atoms with E-state index in [9.17, 15) is 5.11 Å². The lowest BCUT2D eigenvalue weighted by Gasteiger charge is -2.25. The zero-order valence-electron chi connectivity index (χ0n) is 14.4. The molecule has 2 aromatic carbocycles. The van der Waals surface area contributed by atoms with Crippen molar-refractivity contribution < 1.29 is 10.0 Å². The summed E-state index contributed by atoms with van der Waals surface area (Å²) in [5.74, 6) is 6.92. The fourth-order valence-electron chi connectivity index (χ4n) is 2.83. The number of benzene rings is 2. The summed E-state index contributed by atoms with van der Waals surface area (Å²) in [5.41, 5.74) is 0.315. The molecule has 2 N–H and O–H groups in total. The normalized spacial score (nSPS) is 12.8. The van der Waals surface area contributed by atoms with Gasteiger partial charge in [0, 0.05) is 17.0 Å². The van der Waals surface area contributed by atoms with Crippen LogP contribution < -0.4 is 4.90 Å². The van der Waals surface area contributed by atoms with E-state index in [1.165, 1.54) is 4.90 Å². The van der Waals surface area contributed by atoms with Gasteiger partial charge in [-0.25, -0.2) is 0 Å². The van der Waals surface area contributed by atoms with Gasteiger partial charge in [0.1, 0.15) is 0 Å². The Morgan fingerprint density at radius 2 is 1.30 bits per heavy atom. The molecule has 0 radical (unpaired) electrons. The Labute approximate surface area is 139 Å². The molecule has 0 fully saturated rings. The topological polar surface area (TPSA) is 24.7 Å². The SMILES string of the molecule is CC(C)[C@@H](C#CC(O)(c1ccccc1)c1ccccc1)[NH+](C)C. The molecule has 2 nitrogen and oxygen atoms in total. The Bertz CT molecular complexity index is 618. The molecule has 120 valence electrons. The molecule has 0 spiro atoms. The molecule has 2 aromatic rings. The maximum absolute atomic E-state index is 11.4. The molecule has 0 aliphatic heterocycles. The smallest absolute Gasteiger partial charge is 0.177 e. The first-order chi connectivity index (χ1) is 10.9. The van der Waals surface area contributed by atoms with Crippen molar-refractivity contribution in [1.82, 2.24) is 0 Å². The number of hydrogen-bond donors (Lipinski definition) is 2. The van der Waals surface area contributed by atoms with E-state index in [1.54, 1.807) is 0 Å². The van der Waals surface area contributed by atoms with Crippen molar-refractivity contribution in [3.63, 3.8) is 0 Å². The van der Waals surface area contributed by atoms with Gasteiger partial charge < -0.3 is 10.0 Å². The number of hydrogen-bond acceptors (Lipinski definition) is 1. The highest BCUT2D eigenvalue weighted by atomic mass is 16.3. The Morgan fingerprint density at radius 1 is 0.870 bits per heavy atom. The number of nitrogens with one attached hydrogen (secondary N) is 1. The molecule has 0 saturated heterocycles. The van der Waals surface area contributed by atoms with E-state index in [4.69, 9.17) is 0 Å². The third-order valence-electron chi connectivity index (χ3n) is 4.08. The van der Waals surface area contributed by atoms with Crippen molar-refractivity contribution in [2.45, 2.75) is 25.5 Å². The predicted octanol–water partition coefficient (Wildman–Crippen LogP) is 2.09. The van der Waals surface area contributed by atoms with Crippen molar-refractivity contribution in [2.24, 2.45) is 5.92 Å². The third kappa shape index (κ3) is 4.01. The largest absolute Gasteiger partial charge is 0.369 e. The molecule has 0 unspecified atom stereocenters. The first-order valence-electron chi connectivity index (χ1n) is 8.11. The van der Waals surface area contributed by atoms with Crippen LogP contribution in [-0.2, 0) is 5.60 Å². The highest BCUT2D eigenvalue weighted by Gasteiger charge is 2.30. The molecule has 1 atom stereocenters. The molecule has 0 amide bonds. The van der Waals surface area contributed by atoms with Crippen molar-refractivity contribution in [2.75, 3.05) is 14.1 Å². The van der Waals surface area contributed by atoms with Crippen LogP contribution in [0.25, 0.3) is 0 Å². The fraction of sp³-hybridized carbons (Fsp3) is 0.333. The second-order valence-electron chi connectivity index (χ2n) is 6.51. The number of rotatable bonds is 4. The molecule has 0 saturated carbocycles. The number of aliphatic hydroxyl groups is 1. The maximum Gasteiger partial charge on any atom is 0.177 e. The molecule has 0 aromatic heterocycles. The lowest BCUT2D eigenvalue weighted by molar-refractivity contribution is -0.880. The minimum absolute atomic E-state index is 0.175. The van der Waals surface area contributed by atoms with Crippen molar-refractivity contribution in [3.8, 4) is 11.8 Å². The lowest BCUT2D eigenvalue weighted by atomic mass is 9.86. The summed E-state index contributed by atoms with van der Waals surface area (Å²) in [6.45, 7) is 4.33. The summed E-state index contributed by atoms with van der Waals surface area (Å²) < 4.78 is 0. The van der Waals surface area contributed by atoms with E-state index in [2.05, 4.69) is 39.8 Å². The fourth-order valence-corrected chi connectivity index (χ4v) is 2.83. The summed E-state index contributed by atoms with van der Waals surface area (Å²) in [6.07, 6.45) is 0. The standard InChI is InChI=1S/C21H25NO/c1-17(2)20(22(3)4)15-16-21(23,18-11-7-5-8-12-18)19-13-9-6-10-14-19/h5-14,17,20,23H,1-4H3/p+1/t20-/m1/s1. The van der Waals surface area contributed by atoms with Gasteiger partial charge in [-0.15, -0.1) is 0 Å². The minimum atomic E-state index is -1.29. The van der Waals surface area contributed by atoms with E-state index < -0.39 is 5.60 Å². The molecule has 0 aliphatic rings. The maximum atomic E-state index is 11.4. The van der Waals surface area contributed by atoms with Gasteiger partial charge in [0.2, 0.25) is 0 Å². The number of quaternary nitrogens is 1. The highest BCUT2D eigenvalue weighted by Crippen LogP contribution is 2.28. The van der Waals surface area contributed by atoms with Gasteiger partial charge in [0.15, 0.2) is 11.6 Å². The van der Waals surface area contributed by atoms with Crippen LogP contribution in [0, 0.1) is 17.8 Å². The summed E-state index contributed by atoms with van der Waals surface area (Å²) in [4.78, 5) is 1.27. The second kappa shape index (κ2) is 7.46. The molecule has 0 heterocycles. The minimum Gasteiger partial charge on any atom is -0.369 e. The highest BCUT2D eigenvalue weighted by molar-refractivity contribution is 5.44. The summed E-state index contributed by atoms with van der Waals surface area (Å²) in [6, 6.07) is 19.5. The molecular formula is C21H26NO+. The Balaban J connectivity index is 2.53. The summed E-state index contributed by atoms with van der Waals surface area (Å²) in [7, 11) is 4.20. The first kappa shape index (κ1) is 17.3. The second-order valence-corrected chi connectivity index (χ2v) is 6.51. The van der Waals surface area contributed by atoms with E-state index in [0.717, 1.165) is 11.1 Å². The van der Waals surface area contributed by atoms with Crippen molar-refractivity contribution >= 4 is 0 Å². The van der Waals surface area contributed by atoms with E-state index in [0.29, 0.717) is 5.92 Å². The van der Waals surface area contributed by atoms with Crippen LogP contribution in [-0.4, -0.2) is 25.2 Å². The van der Waals surface area contributed by atoms with Gasteiger partial charge in [-0.2, -0.15) is 0 Å². The Kier molecular flexibility index (Phi) is 5.60. The van der Waals surface area contributed by atoms with E-state index in [1.807, 2.05) is 60.7 Å². The Morgan fingerprint density at radius 3 is 1.65 bits per heavy atom. The predicted molar refractivity (Wildman–Crippen MR) is 95.1 cm³/mol. The van der Waals surface area contributed by atoms with Crippen LogP contribution in [0.3, 0.4) is 0 Å². The van der Waals surface area contributed by atoms with Crippen molar-refractivity contribution in [3.05, 3.63) is 71.8 Å². The van der Waals surface area contributed by atoms with Gasteiger partial charge in [-0.1, -0.05) is 80.4 Å². The van der Waals surface area contributed by atoms with Crippen LogP contribution in [0.15, 0.2) is 60.7 Å². The molecule has 2 rings (SSSR count). The van der Waals surface area contributed by atoms with Crippen LogP contribution in [0.4, 0.5) is 0 Å². The summed E-state index contributed by atoms with van der Waals surface area (Å²) >= 11 is 0. The van der Waals surface area contributed by atoms with E-state index in [-0.39, 0.29) is 6.04 Å². The molecule has 0 aliphatic carbocycles. The zero-order valence-corrected chi connectivity index (χ0v) is 14.4. The molecular weight excluding hydrogens is 282 g/mol. The van der Waals surface area contributed by atoms with Crippen LogP contribution in [0.1, 0.15) is 25.0 Å².